The zero-order chi connectivity index (χ0) is 13.1. The van der Waals surface area contributed by atoms with Crippen molar-refractivity contribution in [2.24, 2.45) is 17.6 Å². The van der Waals surface area contributed by atoms with Gasteiger partial charge >= 0.3 is 0 Å². The number of amidine groups is 1. The number of nitrogens with two attached hydrogens (primary N) is 1. The van der Waals surface area contributed by atoms with E-state index in [2.05, 4.69) is 24.8 Å². The Morgan fingerprint density at radius 2 is 1.89 bits per heavy atom. The van der Waals surface area contributed by atoms with E-state index in [1.165, 1.54) is 12.8 Å². The molecule has 1 aliphatic heterocycles. The molecule has 3 nitrogen and oxygen atoms in total. The van der Waals surface area contributed by atoms with Gasteiger partial charge in [0, 0.05) is 24.3 Å². The van der Waals surface area contributed by atoms with Crippen LogP contribution in [-0.4, -0.2) is 18.9 Å². The fourth-order valence-electron chi connectivity index (χ4n) is 2.78. The summed E-state index contributed by atoms with van der Waals surface area (Å²) >= 11 is 0. The van der Waals surface area contributed by atoms with Gasteiger partial charge in [-0.25, -0.2) is 0 Å². The van der Waals surface area contributed by atoms with E-state index in [4.69, 9.17) is 11.1 Å². The van der Waals surface area contributed by atoms with Crippen molar-refractivity contribution < 1.29 is 0 Å². The molecule has 1 heterocycles. The normalized spacial score (nSPS) is 17.2. The molecule has 3 heteroatoms. The molecule has 1 aliphatic rings. The molecular weight excluding hydrogens is 222 g/mol. The van der Waals surface area contributed by atoms with Crippen molar-refractivity contribution in [2.75, 3.05) is 18.0 Å². The van der Waals surface area contributed by atoms with Crippen molar-refractivity contribution in [1.29, 1.82) is 5.41 Å². The van der Waals surface area contributed by atoms with Gasteiger partial charge in [0.2, 0.25) is 0 Å². The number of para-hydroxylation sites is 1. The van der Waals surface area contributed by atoms with Gasteiger partial charge in [-0.1, -0.05) is 26.0 Å². The summed E-state index contributed by atoms with van der Waals surface area (Å²) in [6, 6.07) is 7.98. The van der Waals surface area contributed by atoms with Crippen LogP contribution in [0.1, 0.15) is 32.3 Å². The van der Waals surface area contributed by atoms with Crippen LogP contribution in [0.2, 0.25) is 0 Å². The second-order valence-corrected chi connectivity index (χ2v) is 5.50. The van der Waals surface area contributed by atoms with Gasteiger partial charge in [-0.2, -0.15) is 0 Å². The first-order chi connectivity index (χ1) is 8.59. The van der Waals surface area contributed by atoms with Crippen molar-refractivity contribution in [3.05, 3.63) is 29.8 Å². The molecule has 0 unspecified atom stereocenters. The fraction of sp³-hybridized carbons (Fsp3) is 0.533. The molecule has 1 saturated heterocycles. The van der Waals surface area contributed by atoms with Gasteiger partial charge in [0.1, 0.15) is 5.84 Å². The highest BCUT2D eigenvalue weighted by atomic mass is 15.1. The first kappa shape index (κ1) is 12.9. The summed E-state index contributed by atoms with van der Waals surface area (Å²) in [5, 5.41) is 7.65. The standard InChI is InChI=1S/C15H23N3/c1-11(2)12-7-9-18(10-8-12)14-6-4-3-5-13(14)15(16)17/h3-6,11-12H,7-10H2,1-2H3,(H3,16,17). The van der Waals surface area contributed by atoms with E-state index in [1.807, 2.05) is 18.2 Å². The van der Waals surface area contributed by atoms with Gasteiger partial charge < -0.3 is 10.6 Å². The molecule has 0 spiro atoms. The summed E-state index contributed by atoms with van der Waals surface area (Å²) in [5.74, 6) is 1.78. The van der Waals surface area contributed by atoms with Gasteiger partial charge in [-0.05, 0) is 36.8 Å². The molecule has 2 rings (SSSR count). The lowest BCUT2D eigenvalue weighted by atomic mass is 9.86. The third-order valence-corrected chi connectivity index (χ3v) is 4.02. The van der Waals surface area contributed by atoms with E-state index in [0.29, 0.717) is 0 Å². The van der Waals surface area contributed by atoms with E-state index in [9.17, 15) is 0 Å². The Balaban J connectivity index is 2.12. The number of nitrogens with zero attached hydrogens (tertiary/aromatic N) is 1. The fourth-order valence-corrected chi connectivity index (χ4v) is 2.78. The van der Waals surface area contributed by atoms with Gasteiger partial charge in [-0.3, -0.25) is 5.41 Å². The predicted octanol–water partition coefficient (Wildman–Crippen LogP) is 2.84. The van der Waals surface area contributed by atoms with Crippen molar-refractivity contribution in [2.45, 2.75) is 26.7 Å². The average molecular weight is 245 g/mol. The van der Waals surface area contributed by atoms with Crippen molar-refractivity contribution in [1.82, 2.24) is 0 Å². The number of nitrogens with one attached hydrogen (secondary N) is 1. The van der Waals surface area contributed by atoms with Crippen LogP contribution in [0.5, 0.6) is 0 Å². The highest BCUT2D eigenvalue weighted by Gasteiger charge is 2.23. The van der Waals surface area contributed by atoms with Crippen LogP contribution in [-0.2, 0) is 0 Å². The second kappa shape index (κ2) is 5.42. The number of rotatable bonds is 3. The zero-order valence-corrected chi connectivity index (χ0v) is 11.3. The predicted molar refractivity (Wildman–Crippen MR) is 77.2 cm³/mol. The maximum Gasteiger partial charge on any atom is 0.124 e. The highest BCUT2D eigenvalue weighted by molar-refractivity contribution is 6.00. The number of piperidine rings is 1. The highest BCUT2D eigenvalue weighted by Crippen LogP contribution is 2.29. The molecular formula is C15H23N3. The van der Waals surface area contributed by atoms with Crippen molar-refractivity contribution in [3.8, 4) is 0 Å². The van der Waals surface area contributed by atoms with E-state index in [0.717, 1.165) is 36.2 Å². The molecule has 98 valence electrons. The molecule has 0 atom stereocenters. The van der Waals surface area contributed by atoms with Gasteiger partial charge in [-0.15, -0.1) is 0 Å². The first-order valence-corrected chi connectivity index (χ1v) is 6.78. The molecule has 0 aliphatic carbocycles. The molecule has 1 fully saturated rings. The van der Waals surface area contributed by atoms with E-state index in [1.54, 1.807) is 0 Å². The topological polar surface area (TPSA) is 53.1 Å². The monoisotopic (exact) mass is 245 g/mol. The Hall–Kier alpha value is -1.51. The lowest BCUT2D eigenvalue weighted by Crippen LogP contribution is -2.36. The Bertz CT molecular complexity index is 418. The number of hydrogen-bond acceptors (Lipinski definition) is 2. The summed E-state index contributed by atoms with van der Waals surface area (Å²) in [6.45, 7) is 6.77. The average Bonchev–Trinajstić information content (AvgIpc) is 2.39. The summed E-state index contributed by atoms with van der Waals surface area (Å²) in [5.41, 5.74) is 7.63. The molecule has 1 aromatic carbocycles. The molecule has 3 N–H and O–H groups in total. The molecule has 0 amide bonds. The summed E-state index contributed by atoms with van der Waals surface area (Å²) in [4.78, 5) is 2.37. The SMILES string of the molecule is CC(C)C1CCN(c2ccccc2C(=N)N)CC1. The minimum absolute atomic E-state index is 0.164. The second-order valence-electron chi connectivity index (χ2n) is 5.50. The molecule has 18 heavy (non-hydrogen) atoms. The molecule has 0 radical (unpaired) electrons. The Kier molecular flexibility index (Phi) is 3.90. The lowest BCUT2D eigenvalue weighted by Gasteiger charge is -2.36. The smallest absolute Gasteiger partial charge is 0.124 e. The molecule has 0 bridgehead atoms. The maximum absolute atomic E-state index is 7.65. The number of nitrogen functional groups attached to an aromatic ring is 1. The van der Waals surface area contributed by atoms with Crippen LogP contribution in [0, 0.1) is 17.2 Å². The van der Waals surface area contributed by atoms with E-state index < -0.39 is 0 Å². The number of hydrogen-bond donors (Lipinski definition) is 2. The lowest BCUT2D eigenvalue weighted by molar-refractivity contribution is 0.311. The largest absolute Gasteiger partial charge is 0.384 e. The maximum atomic E-state index is 7.65. The third-order valence-electron chi connectivity index (χ3n) is 4.02. The van der Waals surface area contributed by atoms with Crippen LogP contribution in [0.3, 0.4) is 0 Å². The van der Waals surface area contributed by atoms with Crippen LogP contribution >= 0.6 is 0 Å². The molecule has 0 aromatic heterocycles. The summed E-state index contributed by atoms with van der Waals surface area (Å²) in [7, 11) is 0. The minimum atomic E-state index is 0.164. The van der Waals surface area contributed by atoms with Gasteiger partial charge in [0.15, 0.2) is 0 Å². The molecule has 0 saturated carbocycles. The van der Waals surface area contributed by atoms with Crippen LogP contribution in [0.25, 0.3) is 0 Å². The quantitative estimate of drug-likeness (QED) is 0.635. The Morgan fingerprint density at radius 1 is 1.28 bits per heavy atom. The van der Waals surface area contributed by atoms with E-state index >= 15 is 0 Å². The first-order valence-electron chi connectivity index (χ1n) is 6.78. The van der Waals surface area contributed by atoms with Crippen molar-refractivity contribution >= 4 is 11.5 Å². The van der Waals surface area contributed by atoms with E-state index in [-0.39, 0.29) is 5.84 Å². The number of benzene rings is 1. The molecule has 1 aromatic rings. The summed E-state index contributed by atoms with van der Waals surface area (Å²) < 4.78 is 0. The Morgan fingerprint density at radius 3 is 2.44 bits per heavy atom. The Labute approximate surface area is 109 Å². The summed E-state index contributed by atoms with van der Waals surface area (Å²) in [6.07, 6.45) is 2.48. The van der Waals surface area contributed by atoms with Crippen LogP contribution in [0.4, 0.5) is 5.69 Å². The van der Waals surface area contributed by atoms with Crippen LogP contribution in [0.15, 0.2) is 24.3 Å². The third kappa shape index (κ3) is 2.66. The van der Waals surface area contributed by atoms with Crippen molar-refractivity contribution in [3.63, 3.8) is 0 Å². The number of anilines is 1. The van der Waals surface area contributed by atoms with Gasteiger partial charge in [0.25, 0.3) is 0 Å². The zero-order valence-electron chi connectivity index (χ0n) is 11.3. The van der Waals surface area contributed by atoms with Crippen LogP contribution < -0.4 is 10.6 Å². The minimum Gasteiger partial charge on any atom is -0.384 e. The van der Waals surface area contributed by atoms with Gasteiger partial charge in [0.05, 0.1) is 0 Å².